The Hall–Kier alpha value is -1.62. The molecule has 5 heteroatoms. The van der Waals surface area contributed by atoms with Gasteiger partial charge in [-0.1, -0.05) is 6.07 Å². The second-order valence-electron chi connectivity index (χ2n) is 2.46. The van der Waals surface area contributed by atoms with Crippen LogP contribution in [0.25, 0.3) is 0 Å². The van der Waals surface area contributed by atoms with Crippen LogP contribution in [0, 0.1) is 0 Å². The smallest absolute Gasteiger partial charge is 0.255 e. The minimum absolute atomic E-state index is 0.158. The number of carbonyl (C=O) groups excluding carboxylic acids is 1. The number of amides is 1. The quantitative estimate of drug-likeness (QED) is 0.649. The molecule has 0 aliphatic carbocycles. The number of primary amides is 1. The van der Waals surface area contributed by atoms with Crippen molar-refractivity contribution in [1.29, 1.82) is 0 Å². The van der Waals surface area contributed by atoms with Gasteiger partial charge in [-0.25, -0.2) is 4.98 Å². The summed E-state index contributed by atoms with van der Waals surface area (Å²) in [5.41, 5.74) is 11.2. The zero-order chi connectivity index (χ0) is 9.68. The summed E-state index contributed by atoms with van der Waals surface area (Å²) in [6.45, 7) is 0.276. The molecule has 4 N–H and O–H groups in total. The van der Waals surface area contributed by atoms with Gasteiger partial charge < -0.3 is 16.2 Å². The largest absolute Gasteiger partial charge is 0.468 e. The van der Waals surface area contributed by atoms with Crippen LogP contribution in [-0.2, 0) is 11.3 Å². The molecule has 0 unspecified atom stereocenters. The fraction of sp³-hybridized carbons (Fsp3) is 0.250. The predicted molar refractivity (Wildman–Crippen MR) is 46.8 cm³/mol. The van der Waals surface area contributed by atoms with Crippen molar-refractivity contribution in [2.45, 2.75) is 6.54 Å². The first-order chi connectivity index (χ1) is 6.22. The summed E-state index contributed by atoms with van der Waals surface area (Å²) in [5, 5.41) is 0. The van der Waals surface area contributed by atoms with E-state index in [1.165, 1.54) is 0 Å². The highest BCUT2D eigenvalue weighted by atomic mass is 16.5. The highest BCUT2D eigenvalue weighted by Gasteiger charge is 1.98. The first-order valence-corrected chi connectivity index (χ1v) is 3.78. The molecule has 1 amide bonds. The van der Waals surface area contributed by atoms with Crippen LogP contribution in [0.4, 0.5) is 0 Å². The van der Waals surface area contributed by atoms with Crippen LogP contribution in [0.1, 0.15) is 5.56 Å². The number of aromatic nitrogens is 1. The molecule has 0 atom stereocenters. The Morgan fingerprint density at radius 2 is 2.31 bits per heavy atom. The Kier molecular flexibility index (Phi) is 3.22. The van der Waals surface area contributed by atoms with Crippen LogP contribution >= 0.6 is 0 Å². The van der Waals surface area contributed by atoms with Gasteiger partial charge in [0.25, 0.3) is 5.91 Å². The minimum Gasteiger partial charge on any atom is -0.468 e. The molecular formula is C8H11N3O2. The van der Waals surface area contributed by atoms with Crippen LogP contribution < -0.4 is 16.2 Å². The number of carbonyl (C=O) groups is 1. The van der Waals surface area contributed by atoms with Crippen LogP contribution in [0.3, 0.4) is 0 Å². The molecule has 0 aromatic carbocycles. The van der Waals surface area contributed by atoms with Crippen molar-refractivity contribution >= 4 is 5.91 Å². The average Bonchev–Trinajstić information content (AvgIpc) is 2.15. The normalized spacial score (nSPS) is 9.62. The van der Waals surface area contributed by atoms with E-state index in [0.717, 1.165) is 5.56 Å². The number of nitrogens with two attached hydrogens (primary N) is 2. The number of hydrogen-bond acceptors (Lipinski definition) is 4. The fourth-order valence-electron chi connectivity index (χ4n) is 0.762. The van der Waals surface area contributed by atoms with Crippen molar-refractivity contribution in [3.05, 3.63) is 23.9 Å². The van der Waals surface area contributed by atoms with Gasteiger partial charge in [0.1, 0.15) is 0 Å². The maximum absolute atomic E-state index is 10.3. The molecule has 1 aromatic rings. The lowest BCUT2D eigenvalue weighted by Crippen LogP contribution is -2.20. The molecule has 0 bridgehead atoms. The first kappa shape index (κ1) is 9.47. The van der Waals surface area contributed by atoms with E-state index in [9.17, 15) is 4.79 Å². The van der Waals surface area contributed by atoms with E-state index < -0.39 is 5.91 Å². The molecule has 5 nitrogen and oxygen atoms in total. The van der Waals surface area contributed by atoms with Gasteiger partial charge in [-0.15, -0.1) is 0 Å². The molecule has 0 aliphatic rings. The van der Waals surface area contributed by atoms with E-state index in [0.29, 0.717) is 12.4 Å². The molecule has 1 aromatic heterocycles. The lowest BCUT2D eigenvalue weighted by atomic mass is 10.3. The highest BCUT2D eigenvalue weighted by Crippen LogP contribution is 2.06. The summed E-state index contributed by atoms with van der Waals surface area (Å²) in [5.74, 6) is -0.152. The fourth-order valence-corrected chi connectivity index (χ4v) is 0.762. The van der Waals surface area contributed by atoms with Gasteiger partial charge in [-0.3, -0.25) is 4.79 Å². The number of rotatable bonds is 4. The number of pyridine rings is 1. The number of ether oxygens (including phenoxy) is 1. The SMILES string of the molecule is NCc1ccc(OCC(N)=O)nc1. The van der Waals surface area contributed by atoms with E-state index >= 15 is 0 Å². The second kappa shape index (κ2) is 4.42. The Morgan fingerprint density at radius 3 is 2.77 bits per heavy atom. The predicted octanol–water partition coefficient (Wildman–Crippen LogP) is -0.596. The lowest BCUT2D eigenvalue weighted by molar-refractivity contribution is -0.120. The van der Waals surface area contributed by atoms with Crippen molar-refractivity contribution in [2.24, 2.45) is 11.5 Å². The van der Waals surface area contributed by atoms with Gasteiger partial charge in [-0.2, -0.15) is 0 Å². The molecule has 13 heavy (non-hydrogen) atoms. The van der Waals surface area contributed by atoms with Crippen molar-refractivity contribution in [1.82, 2.24) is 4.98 Å². The minimum atomic E-state index is -0.523. The van der Waals surface area contributed by atoms with Crippen LogP contribution in [0.5, 0.6) is 5.88 Å². The first-order valence-electron chi connectivity index (χ1n) is 3.78. The standard InChI is InChI=1S/C8H11N3O2/c9-3-6-1-2-8(11-4-6)13-5-7(10)12/h1-2,4H,3,5,9H2,(H2,10,12). The molecule has 0 saturated heterocycles. The molecule has 0 saturated carbocycles. The molecule has 0 aliphatic heterocycles. The van der Waals surface area contributed by atoms with Crippen LogP contribution in [0.15, 0.2) is 18.3 Å². The average molecular weight is 181 g/mol. The Bertz CT molecular complexity index is 284. The Morgan fingerprint density at radius 1 is 1.54 bits per heavy atom. The van der Waals surface area contributed by atoms with Crippen molar-refractivity contribution in [3.8, 4) is 5.88 Å². The van der Waals surface area contributed by atoms with E-state index in [1.54, 1.807) is 18.3 Å². The molecule has 1 heterocycles. The van der Waals surface area contributed by atoms with E-state index in [4.69, 9.17) is 16.2 Å². The monoisotopic (exact) mass is 181 g/mol. The third-order valence-electron chi connectivity index (χ3n) is 1.40. The lowest BCUT2D eigenvalue weighted by Gasteiger charge is -2.02. The van der Waals surface area contributed by atoms with Crippen LogP contribution in [-0.4, -0.2) is 17.5 Å². The van der Waals surface area contributed by atoms with E-state index in [2.05, 4.69) is 4.98 Å². The van der Waals surface area contributed by atoms with Gasteiger partial charge in [-0.05, 0) is 5.56 Å². The number of hydrogen-bond donors (Lipinski definition) is 2. The Labute approximate surface area is 75.7 Å². The molecule has 0 fully saturated rings. The Balaban J connectivity index is 2.54. The topological polar surface area (TPSA) is 91.2 Å². The second-order valence-corrected chi connectivity index (χ2v) is 2.46. The number of nitrogens with zero attached hydrogens (tertiary/aromatic N) is 1. The van der Waals surface area contributed by atoms with Gasteiger partial charge in [0.05, 0.1) is 0 Å². The zero-order valence-electron chi connectivity index (χ0n) is 7.06. The highest BCUT2D eigenvalue weighted by molar-refractivity contribution is 5.75. The van der Waals surface area contributed by atoms with Gasteiger partial charge in [0.15, 0.2) is 6.61 Å². The molecular weight excluding hydrogens is 170 g/mol. The molecule has 0 radical (unpaired) electrons. The van der Waals surface area contributed by atoms with Crippen molar-refractivity contribution in [3.63, 3.8) is 0 Å². The van der Waals surface area contributed by atoms with Gasteiger partial charge >= 0.3 is 0 Å². The summed E-state index contributed by atoms with van der Waals surface area (Å²) in [7, 11) is 0. The molecule has 0 spiro atoms. The van der Waals surface area contributed by atoms with E-state index in [-0.39, 0.29) is 6.61 Å². The maximum atomic E-state index is 10.3. The third-order valence-corrected chi connectivity index (χ3v) is 1.40. The van der Waals surface area contributed by atoms with Gasteiger partial charge in [0.2, 0.25) is 5.88 Å². The third kappa shape index (κ3) is 3.08. The molecule has 70 valence electrons. The maximum Gasteiger partial charge on any atom is 0.255 e. The van der Waals surface area contributed by atoms with Crippen LogP contribution in [0.2, 0.25) is 0 Å². The summed E-state index contributed by atoms with van der Waals surface area (Å²) in [4.78, 5) is 14.3. The van der Waals surface area contributed by atoms with Crippen molar-refractivity contribution in [2.75, 3.05) is 6.61 Å². The summed E-state index contributed by atoms with van der Waals surface area (Å²) >= 11 is 0. The van der Waals surface area contributed by atoms with Gasteiger partial charge in [0, 0.05) is 18.8 Å². The summed E-state index contributed by atoms with van der Waals surface area (Å²) in [6.07, 6.45) is 1.59. The van der Waals surface area contributed by atoms with E-state index in [1.807, 2.05) is 0 Å². The van der Waals surface area contributed by atoms with Crippen molar-refractivity contribution < 1.29 is 9.53 Å². The molecule has 1 rings (SSSR count). The summed E-state index contributed by atoms with van der Waals surface area (Å²) < 4.78 is 4.94. The zero-order valence-corrected chi connectivity index (χ0v) is 7.06. The summed E-state index contributed by atoms with van der Waals surface area (Å²) in [6, 6.07) is 3.43.